The summed E-state index contributed by atoms with van der Waals surface area (Å²) in [6, 6.07) is 2.09. The SMILES string of the molecule is C=CC(=C)NC(C)(C)C#N. The summed E-state index contributed by atoms with van der Waals surface area (Å²) in [5.74, 6) is 0. The Kier molecular flexibility index (Phi) is 2.69. The van der Waals surface area contributed by atoms with Crippen LogP contribution in [0.4, 0.5) is 0 Å². The van der Waals surface area contributed by atoms with E-state index < -0.39 is 5.54 Å². The quantitative estimate of drug-likeness (QED) is 0.598. The fourth-order valence-corrected chi connectivity index (χ4v) is 0.480. The molecule has 0 aliphatic rings. The van der Waals surface area contributed by atoms with E-state index in [4.69, 9.17) is 5.26 Å². The van der Waals surface area contributed by atoms with Crippen molar-refractivity contribution in [3.8, 4) is 6.07 Å². The van der Waals surface area contributed by atoms with Gasteiger partial charge in [-0.25, -0.2) is 0 Å². The Morgan fingerprint density at radius 1 is 1.70 bits per heavy atom. The fraction of sp³-hybridized carbons (Fsp3) is 0.375. The van der Waals surface area contributed by atoms with Crippen molar-refractivity contribution >= 4 is 0 Å². The predicted molar refractivity (Wildman–Crippen MR) is 42.2 cm³/mol. The highest BCUT2D eigenvalue weighted by Crippen LogP contribution is 2.01. The van der Waals surface area contributed by atoms with Gasteiger partial charge in [0, 0.05) is 5.70 Å². The highest BCUT2D eigenvalue weighted by molar-refractivity contribution is 5.15. The molecule has 0 aromatic carbocycles. The number of hydrogen-bond acceptors (Lipinski definition) is 2. The van der Waals surface area contributed by atoms with Gasteiger partial charge >= 0.3 is 0 Å². The molecule has 0 fully saturated rings. The normalized spacial score (nSPS) is 9.70. The maximum atomic E-state index is 8.55. The van der Waals surface area contributed by atoms with Gasteiger partial charge in [-0.3, -0.25) is 0 Å². The summed E-state index contributed by atoms with van der Waals surface area (Å²) >= 11 is 0. The molecule has 0 aliphatic carbocycles. The minimum absolute atomic E-state index is 0.550. The third-order valence-electron chi connectivity index (χ3n) is 0.999. The summed E-state index contributed by atoms with van der Waals surface area (Å²) in [5.41, 5.74) is 0.122. The van der Waals surface area contributed by atoms with E-state index in [0.717, 1.165) is 0 Å². The van der Waals surface area contributed by atoms with E-state index in [0.29, 0.717) is 5.70 Å². The second kappa shape index (κ2) is 3.07. The molecule has 0 amide bonds. The van der Waals surface area contributed by atoms with Crippen LogP contribution in [0.1, 0.15) is 13.8 Å². The van der Waals surface area contributed by atoms with Gasteiger partial charge in [-0.15, -0.1) is 0 Å². The van der Waals surface area contributed by atoms with Crippen molar-refractivity contribution in [1.82, 2.24) is 5.32 Å². The van der Waals surface area contributed by atoms with Gasteiger partial charge in [-0.05, 0) is 19.9 Å². The molecule has 0 aromatic heterocycles. The second-order valence-corrected chi connectivity index (χ2v) is 2.59. The topological polar surface area (TPSA) is 35.8 Å². The summed E-state index contributed by atoms with van der Waals surface area (Å²) < 4.78 is 0. The highest BCUT2D eigenvalue weighted by Gasteiger charge is 2.14. The highest BCUT2D eigenvalue weighted by atomic mass is 15.0. The molecule has 0 spiro atoms. The Morgan fingerprint density at radius 2 is 2.20 bits per heavy atom. The summed E-state index contributed by atoms with van der Waals surface area (Å²) in [6.07, 6.45) is 1.58. The molecule has 0 aromatic rings. The average Bonchev–Trinajstić information content (AvgIpc) is 1.87. The molecule has 0 radical (unpaired) electrons. The Bertz CT molecular complexity index is 184. The van der Waals surface area contributed by atoms with E-state index in [9.17, 15) is 0 Å². The van der Waals surface area contributed by atoms with Gasteiger partial charge in [0.15, 0.2) is 0 Å². The zero-order valence-electron chi connectivity index (χ0n) is 6.44. The minimum atomic E-state index is -0.550. The van der Waals surface area contributed by atoms with Crippen LogP contribution in [0, 0.1) is 11.3 Å². The van der Waals surface area contributed by atoms with E-state index in [1.165, 1.54) is 0 Å². The lowest BCUT2D eigenvalue weighted by Gasteiger charge is -2.18. The molecule has 10 heavy (non-hydrogen) atoms. The molecule has 0 heterocycles. The smallest absolute Gasteiger partial charge is 0.119 e. The van der Waals surface area contributed by atoms with Gasteiger partial charge in [0.2, 0.25) is 0 Å². The fourth-order valence-electron chi connectivity index (χ4n) is 0.480. The van der Waals surface area contributed by atoms with Crippen LogP contribution in [-0.2, 0) is 0 Å². The summed E-state index contributed by atoms with van der Waals surface area (Å²) in [5, 5.41) is 11.4. The molecule has 2 nitrogen and oxygen atoms in total. The van der Waals surface area contributed by atoms with Crippen LogP contribution in [0.5, 0.6) is 0 Å². The van der Waals surface area contributed by atoms with Gasteiger partial charge in [-0.1, -0.05) is 13.2 Å². The van der Waals surface area contributed by atoms with Crippen LogP contribution in [0.3, 0.4) is 0 Å². The van der Waals surface area contributed by atoms with Crippen molar-refractivity contribution < 1.29 is 0 Å². The lowest BCUT2D eigenvalue weighted by Crippen LogP contribution is -2.35. The van der Waals surface area contributed by atoms with Crippen molar-refractivity contribution in [2.75, 3.05) is 0 Å². The largest absolute Gasteiger partial charge is 0.368 e. The Balaban J connectivity index is 4.04. The van der Waals surface area contributed by atoms with Gasteiger partial charge in [-0.2, -0.15) is 5.26 Å². The standard InChI is InChI=1S/C8H12N2/c1-5-7(2)10-8(3,4)6-9/h5,10H,1-2H2,3-4H3. The number of nitrogens with one attached hydrogen (secondary N) is 1. The molecule has 1 N–H and O–H groups in total. The molecular formula is C8H12N2. The first kappa shape index (κ1) is 8.77. The lowest BCUT2D eigenvalue weighted by atomic mass is 10.1. The molecule has 54 valence electrons. The molecule has 0 rings (SSSR count). The van der Waals surface area contributed by atoms with Crippen molar-refractivity contribution in [1.29, 1.82) is 5.26 Å². The molecule has 0 saturated heterocycles. The Morgan fingerprint density at radius 3 is 2.50 bits per heavy atom. The van der Waals surface area contributed by atoms with Crippen LogP contribution in [-0.4, -0.2) is 5.54 Å². The molecule has 0 bridgehead atoms. The molecule has 2 heteroatoms. The van der Waals surface area contributed by atoms with Gasteiger partial charge < -0.3 is 5.32 Å². The molecule has 0 unspecified atom stereocenters. The van der Waals surface area contributed by atoms with E-state index in [1.807, 2.05) is 0 Å². The van der Waals surface area contributed by atoms with Gasteiger partial charge in [0.05, 0.1) is 6.07 Å². The van der Waals surface area contributed by atoms with Gasteiger partial charge in [0.1, 0.15) is 5.54 Å². The first-order chi connectivity index (χ1) is 4.52. The molecule has 0 aliphatic heterocycles. The number of rotatable bonds is 3. The van der Waals surface area contributed by atoms with E-state index in [1.54, 1.807) is 19.9 Å². The van der Waals surface area contributed by atoms with Crippen LogP contribution in [0.15, 0.2) is 24.9 Å². The molecular weight excluding hydrogens is 124 g/mol. The van der Waals surface area contributed by atoms with Crippen molar-refractivity contribution in [2.24, 2.45) is 0 Å². The summed E-state index contributed by atoms with van der Waals surface area (Å²) in [7, 11) is 0. The zero-order valence-corrected chi connectivity index (χ0v) is 6.44. The van der Waals surface area contributed by atoms with E-state index >= 15 is 0 Å². The summed E-state index contributed by atoms with van der Waals surface area (Å²) in [4.78, 5) is 0. The number of hydrogen-bond donors (Lipinski definition) is 1. The zero-order chi connectivity index (χ0) is 8.20. The van der Waals surface area contributed by atoms with Crippen molar-refractivity contribution in [2.45, 2.75) is 19.4 Å². The first-order valence-electron chi connectivity index (χ1n) is 3.02. The van der Waals surface area contributed by atoms with Crippen molar-refractivity contribution in [3.63, 3.8) is 0 Å². The number of nitriles is 1. The minimum Gasteiger partial charge on any atom is -0.368 e. The third kappa shape index (κ3) is 2.93. The second-order valence-electron chi connectivity index (χ2n) is 2.59. The van der Waals surface area contributed by atoms with Crippen LogP contribution in [0.25, 0.3) is 0 Å². The predicted octanol–water partition coefficient (Wildman–Crippen LogP) is 1.58. The third-order valence-corrected chi connectivity index (χ3v) is 0.999. The number of allylic oxidation sites excluding steroid dienone is 1. The van der Waals surface area contributed by atoms with Gasteiger partial charge in [0.25, 0.3) is 0 Å². The van der Waals surface area contributed by atoms with Crippen molar-refractivity contribution in [3.05, 3.63) is 24.9 Å². The van der Waals surface area contributed by atoms with E-state index in [-0.39, 0.29) is 0 Å². The maximum Gasteiger partial charge on any atom is 0.119 e. The number of nitrogens with zero attached hydrogens (tertiary/aromatic N) is 1. The van der Waals surface area contributed by atoms with Crippen LogP contribution < -0.4 is 5.32 Å². The first-order valence-corrected chi connectivity index (χ1v) is 3.02. The Labute approximate surface area is 61.9 Å². The van der Waals surface area contributed by atoms with E-state index in [2.05, 4.69) is 24.5 Å². The monoisotopic (exact) mass is 136 g/mol. The average molecular weight is 136 g/mol. The molecule has 0 atom stereocenters. The lowest BCUT2D eigenvalue weighted by molar-refractivity contribution is 0.553. The molecule has 0 saturated carbocycles. The summed E-state index contributed by atoms with van der Waals surface area (Å²) in [6.45, 7) is 10.7. The van der Waals surface area contributed by atoms with Crippen LogP contribution >= 0.6 is 0 Å². The van der Waals surface area contributed by atoms with Crippen LogP contribution in [0.2, 0.25) is 0 Å². The Hall–Kier alpha value is -1.23. The maximum absolute atomic E-state index is 8.55.